The van der Waals surface area contributed by atoms with Gasteiger partial charge in [-0.2, -0.15) is 5.10 Å². The largest absolute Gasteiger partial charge is 0.497 e. The van der Waals surface area contributed by atoms with E-state index in [1.807, 2.05) is 18.2 Å². The molecule has 5 N–H and O–H groups in total. The summed E-state index contributed by atoms with van der Waals surface area (Å²) in [5.41, 5.74) is 11.4. The molecule has 5 amide bonds. The number of piperidine rings is 1. The highest BCUT2D eigenvalue weighted by molar-refractivity contribution is 6.07. The second-order valence-electron chi connectivity index (χ2n) is 16.5. The molecule has 17 heteroatoms. The molecular formula is C46H50FN11O5. The number of hydrogen-bond acceptors (Lipinski definition) is 11. The number of anilines is 6. The van der Waals surface area contributed by atoms with Crippen molar-refractivity contribution in [3.63, 3.8) is 0 Å². The maximum atomic E-state index is 16.1. The molecule has 0 saturated carbocycles. The van der Waals surface area contributed by atoms with E-state index < -0.39 is 17.6 Å². The van der Waals surface area contributed by atoms with Crippen molar-refractivity contribution >= 4 is 58.1 Å². The summed E-state index contributed by atoms with van der Waals surface area (Å²) in [6, 6.07) is 20.2. The smallest absolute Gasteiger partial charge is 0.328 e. The third-order valence-corrected chi connectivity index (χ3v) is 12.7. The number of nitrogens with two attached hydrogens (primary N) is 1. The number of fused-ring (bicyclic) bond motifs is 2. The number of methoxy groups -OCH3 is 1. The summed E-state index contributed by atoms with van der Waals surface area (Å²) in [6.07, 6.45) is 4.67. The van der Waals surface area contributed by atoms with E-state index in [9.17, 15) is 19.2 Å². The number of pyridine rings is 1. The summed E-state index contributed by atoms with van der Waals surface area (Å²) in [5.74, 6) is -0.412. The Bertz CT molecular complexity index is 2580. The van der Waals surface area contributed by atoms with Gasteiger partial charge in [0, 0.05) is 111 Å². The molecule has 0 spiro atoms. The van der Waals surface area contributed by atoms with Crippen molar-refractivity contribution in [1.82, 2.24) is 25.0 Å². The molecule has 9 rings (SSSR count). The maximum Gasteiger partial charge on any atom is 0.328 e. The van der Waals surface area contributed by atoms with Gasteiger partial charge in [-0.15, -0.1) is 0 Å². The zero-order valence-corrected chi connectivity index (χ0v) is 35.3. The second kappa shape index (κ2) is 17.4. The SMILES string of the molecule is COc1ccnc(NC(=O)c2ccc(-c3nn4c(c3C(N)=O)Nc3ccc(N5CCN(CC6CCN(c7ccc(N8CCC(=O)NC8=O)cc7)CC6)CC5)cc3CC4)c(F)c2C)c1. The number of urea groups is 1. The Labute approximate surface area is 364 Å². The first-order chi connectivity index (χ1) is 30.5. The Kier molecular flexibility index (Phi) is 11.4. The molecule has 0 radical (unpaired) electrons. The average molecular weight is 856 g/mol. The highest BCUT2D eigenvalue weighted by Crippen LogP contribution is 2.38. The predicted octanol–water partition coefficient (Wildman–Crippen LogP) is 5.54. The summed E-state index contributed by atoms with van der Waals surface area (Å²) in [4.78, 5) is 63.1. The van der Waals surface area contributed by atoms with E-state index in [0.29, 0.717) is 43.4 Å². The van der Waals surface area contributed by atoms with E-state index in [0.717, 1.165) is 87.0 Å². The lowest BCUT2D eigenvalue weighted by Gasteiger charge is -2.40. The highest BCUT2D eigenvalue weighted by Gasteiger charge is 2.30. The number of ether oxygens (including phenoxy) is 1. The van der Waals surface area contributed by atoms with Crippen molar-refractivity contribution in [2.24, 2.45) is 11.7 Å². The molecule has 3 fully saturated rings. The molecule has 326 valence electrons. The van der Waals surface area contributed by atoms with Crippen LogP contribution in [-0.4, -0.2) is 103 Å². The van der Waals surface area contributed by atoms with Gasteiger partial charge in [-0.3, -0.25) is 29.5 Å². The normalized spacial score (nSPS) is 17.0. The van der Waals surface area contributed by atoms with Crippen LogP contribution >= 0.6 is 0 Å². The fourth-order valence-electron chi connectivity index (χ4n) is 9.12. The van der Waals surface area contributed by atoms with Crippen molar-refractivity contribution < 1.29 is 28.3 Å². The molecule has 63 heavy (non-hydrogen) atoms. The number of aromatic nitrogens is 3. The number of hydrogen-bond donors (Lipinski definition) is 4. The summed E-state index contributed by atoms with van der Waals surface area (Å²) in [6.45, 7) is 9.19. The standard InChI is InChI=1S/C46H50FN11O5/c1-28-35(45(61)51-38-26-34(63-2)11-16-49-38)8-9-36(41(28)47)42-40(43(48)60)44-50-37-10-7-33(25-30(37)14-20-58(44)53-42)56-23-21-54(22-24-56)27-29-12-17-55(18-13-29)31-3-5-32(6-4-31)57-19-15-39(59)52-46(57)62/h3-11,16,25-26,29,50H,12-15,17-24,27H2,1-2H3,(H2,48,60)(H,49,51,61)(H,52,59,62). The van der Waals surface area contributed by atoms with Gasteiger partial charge in [0.1, 0.15) is 34.5 Å². The zero-order valence-electron chi connectivity index (χ0n) is 35.3. The van der Waals surface area contributed by atoms with Gasteiger partial charge in [0.2, 0.25) is 5.91 Å². The van der Waals surface area contributed by atoms with Crippen LogP contribution in [0.1, 0.15) is 51.1 Å². The summed E-state index contributed by atoms with van der Waals surface area (Å²) in [5, 5.41) is 13.2. The number of halogens is 1. The van der Waals surface area contributed by atoms with Crippen LogP contribution in [0, 0.1) is 18.7 Å². The molecule has 16 nitrogen and oxygen atoms in total. The number of nitrogens with zero attached hydrogens (tertiary/aromatic N) is 7. The number of amides is 5. The summed E-state index contributed by atoms with van der Waals surface area (Å²) in [7, 11) is 1.51. The first-order valence-electron chi connectivity index (χ1n) is 21.4. The molecule has 3 aromatic carbocycles. The predicted molar refractivity (Wildman–Crippen MR) is 239 cm³/mol. The summed E-state index contributed by atoms with van der Waals surface area (Å²) >= 11 is 0. The van der Waals surface area contributed by atoms with Gasteiger partial charge in [-0.1, -0.05) is 0 Å². The molecule has 4 aliphatic heterocycles. The van der Waals surface area contributed by atoms with Crippen molar-refractivity contribution in [3.8, 4) is 17.0 Å². The second-order valence-corrected chi connectivity index (χ2v) is 16.5. The number of carbonyl (C=O) groups is 4. The minimum atomic E-state index is -0.748. The molecule has 0 unspecified atom stereocenters. The Morgan fingerprint density at radius 3 is 2.32 bits per heavy atom. The maximum absolute atomic E-state index is 16.1. The molecule has 2 aromatic heterocycles. The van der Waals surface area contributed by atoms with Crippen LogP contribution in [0.2, 0.25) is 0 Å². The van der Waals surface area contributed by atoms with Crippen LogP contribution in [-0.2, 0) is 17.8 Å². The molecule has 0 aliphatic carbocycles. The van der Waals surface area contributed by atoms with Gasteiger partial charge in [-0.25, -0.2) is 18.9 Å². The van der Waals surface area contributed by atoms with E-state index in [1.54, 1.807) is 21.7 Å². The Hall–Kier alpha value is -7.01. The summed E-state index contributed by atoms with van der Waals surface area (Å²) < 4.78 is 23.0. The lowest BCUT2D eigenvalue weighted by atomic mass is 9.95. The minimum absolute atomic E-state index is 0.0641. The third-order valence-electron chi connectivity index (χ3n) is 12.7. The van der Waals surface area contributed by atoms with E-state index >= 15 is 4.39 Å². The minimum Gasteiger partial charge on any atom is -0.497 e. The number of carbonyl (C=O) groups excluding carboxylic acids is 4. The fraction of sp³-hybridized carbons (Fsp3) is 0.348. The zero-order chi connectivity index (χ0) is 43.8. The van der Waals surface area contributed by atoms with Gasteiger partial charge in [0.05, 0.1) is 7.11 Å². The van der Waals surface area contributed by atoms with Crippen LogP contribution in [0.25, 0.3) is 11.3 Å². The lowest BCUT2D eigenvalue weighted by Crippen LogP contribution is -2.49. The van der Waals surface area contributed by atoms with Crippen LogP contribution < -0.4 is 41.1 Å². The van der Waals surface area contributed by atoms with Crippen molar-refractivity contribution in [1.29, 1.82) is 0 Å². The quantitative estimate of drug-likeness (QED) is 0.139. The molecule has 4 aliphatic rings. The topological polar surface area (TPSA) is 183 Å². The van der Waals surface area contributed by atoms with Gasteiger partial charge in [0.25, 0.3) is 11.8 Å². The fourth-order valence-corrected chi connectivity index (χ4v) is 9.12. The molecule has 0 atom stereocenters. The Balaban J connectivity index is 0.802. The number of rotatable bonds is 10. The van der Waals surface area contributed by atoms with Gasteiger partial charge in [-0.05, 0) is 104 Å². The van der Waals surface area contributed by atoms with Gasteiger partial charge < -0.3 is 30.9 Å². The van der Waals surface area contributed by atoms with E-state index in [-0.39, 0.29) is 45.7 Å². The van der Waals surface area contributed by atoms with Crippen molar-refractivity contribution in [2.75, 3.05) is 84.8 Å². The average Bonchev–Trinajstić information content (AvgIpc) is 3.55. The number of benzene rings is 3. The van der Waals surface area contributed by atoms with Crippen molar-refractivity contribution in [3.05, 3.63) is 101 Å². The van der Waals surface area contributed by atoms with Crippen LogP contribution in [0.5, 0.6) is 5.75 Å². The number of piperazine rings is 1. The van der Waals surface area contributed by atoms with E-state index in [4.69, 9.17) is 15.6 Å². The van der Waals surface area contributed by atoms with Crippen molar-refractivity contribution in [2.45, 2.75) is 39.2 Å². The number of nitrogens with one attached hydrogen (secondary N) is 3. The first kappa shape index (κ1) is 41.3. The molecule has 5 aromatic rings. The molecule has 6 heterocycles. The molecular weight excluding hydrogens is 806 g/mol. The number of aryl methyl sites for hydroxylation is 2. The Morgan fingerprint density at radius 1 is 0.857 bits per heavy atom. The number of primary amides is 1. The van der Waals surface area contributed by atoms with Crippen LogP contribution in [0.3, 0.4) is 0 Å². The monoisotopic (exact) mass is 855 g/mol. The number of imide groups is 1. The molecule has 3 saturated heterocycles. The van der Waals surface area contributed by atoms with Crippen LogP contribution in [0.15, 0.2) is 72.9 Å². The first-order valence-corrected chi connectivity index (χ1v) is 21.4. The lowest BCUT2D eigenvalue weighted by molar-refractivity contribution is -0.120. The Morgan fingerprint density at radius 2 is 1.59 bits per heavy atom. The third kappa shape index (κ3) is 8.47. The van der Waals surface area contributed by atoms with Crippen LogP contribution in [0.4, 0.5) is 43.6 Å². The van der Waals surface area contributed by atoms with Gasteiger partial charge in [0.15, 0.2) is 0 Å². The molecule has 0 bridgehead atoms. The van der Waals surface area contributed by atoms with E-state index in [1.165, 1.54) is 32.4 Å². The van der Waals surface area contributed by atoms with E-state index in [2.05, 4.69) is 59.9 Å². The highest BCUT2D eigenvalue weighted by atomic mass is 19.1. The van der Waals surface area contributed by atoms with Gasteiger partial charge >= 0.3 is 6.03 Å².